The molecule has 0 radical (unpaired) electrons. The molecule has 4 rings (SSSR count). The topological polar surface area (TPSA) is 217 Å². The molecular formula is C30H37N7O6. The lowest BCUT2D eigenvalue weighted by Crippen LogP contribution is -2.55. The molecule has 2 heterocycles. The number of nitrogens with two attached hydrogens (primary N) is 2. The van der Waals surface area contributed by atoms with Crippen LogP contribution in [0.15, 0.2) is 57.7 Å². The summed E-state index contributed by atoms with van der Waals surface area (Å²) in [6.07, 6.45) is 2.01. The maximum Gasteiger partial charge on any atom is 0.336 e. The van der Waals surface area contributed by atoms with Crippen LogP contribution >= 0.6 is 0 Å². The van der Waals surface area contributed by atoms with E-state index in [0.717, 1.165) is 10.9 Å². The number of anilines is 1. The number of benzene rings is 2. The van der Waals surface area contributed by atoms with E-state index in [1.54, 1.807) is 37.3 Å². The molecule has 228 valence electrons. The van der Waals surface area contributed by atoms with E-state index in [9.17, 15) is 24.3 Å². The van der Waals surface area contributed by atoms with Crippen molar-refractivity contribution in [1.82, 2.24) is 15.5 Å². The van der Waals surface area contributed by atoms with Crippen molar-refractivity contribution in [3.63, 3.8) is 0 Å². The van der Waals surface area contributed by atoms with Gasteiger partial charge in [0.25, 0.3) is 0 Å². The lowest BCUT2D eigenvalue weighted by atomic mass is 10.0. The van der Waals surface area contributed by atoms with Gasteiger partial charge in [0, 0.05) is 42.7 Å². The zero-order valence-electron chi connectivity index (χ0n) is 23.9. The Morgan fingerprint density at radius 3 is 2.63 bits per heavy atom. The highest BCUT2D eigenvalue weighted by molar-refractivity contribution is 6.00. The Morgan fingerprint density at radius 2 is 1.91 bits per heavy atom. The third kappa shape index (κ3) is 8.10. The number of hydrogen-bond acceptors (Lipinski definition) is 8. The van der Waals surface area contributed by atoms with E-state index in [1.807, 2.05) is 0 Å². The second-order valence-electron chi connectivity index (χ2n) is 10.7. The maximum atomic E-state index is 13.5. The van der Waals surface area contributed by atoms with Crippen LogP contribution < -0.4 is 33.0 Å². The lowest BCUT2D eigenvalue weighted by molar-refractivity contribution is -0.140. The Morgan fingerprint density at radius 1 is 1.16 bits per heavy atom. The van der Waals surface area contributed by atoms with Crippen LogP contribution in [0, 0.1) is 12.3 Å². The van der Waals surface area contributed by atoms with Crippen LogP contribution in [0.1, 0.15) is 36.8 Å². The van der Waals surface area contributed by atoms with Crippen molar-refractivity contribution < 1.29 is 23.9 Å². The Kier molecular flexibility index (Phi) is 9.99. The van der Waals surface area contributed by atoms with Crippen molar-refractivity contribution in [2.75, 3.05) is 18.4 Å². The molecule has 13 nitrogen and oxygen atoms in total. The van der Waals surface area contributed by atoms with Crippen molar-refractivity contribution in [1.29, 1.82) is 5.41 Å². The van der Waals surface area contributed by atoms with Crippen molar-refractivity contribution in [3.8, 4) is 5.75 Å². The van der Waals surface area contributed by atoms with Crippen molar-refractivity contribution in [2.45, 2.75) is 57.2 Å². The first-order chi connectivity index (χ1) is 20.5. The fourth-order valence-corrected chi connectivity index (χ4v) is 5.16. The summed E-state index contributed by atoms with van der Waals surface area (Å²) in [7, 11) is 0. The average molecular weight is 592 g/mol. The van der Waals surface area contributed by atoms with E-state index in [4.69, 9.17) is 21.3 Å². The molecule has 1 aliphatic heterocycles. The maximum absolute atomic E-state index is 13.5. The number of carbonyl (C=O) groups excluding carboxylic acids is 3. The first kappa shape index (κ1) is 31.0. The summed E-state index contributed by atoms with van der Waals surface area (Å²) in [5.74, 6) is -1.44. The third-order valence-electron chi connectivity index (χ3n) is 7.39. The monoisotopic (exact) mass is 591 g/mol. The number of guanidine groups is 1. The summed E-state index contributed by atoms with van der Waals surface area (Å²) in [6, 6.07) is 10.00. The van der Waals surface area contributed by atoms with Gasteiger partial charge in [0.1, 0.15) is 23.4 Å². The van der Waals surface area contributed by atoms with Crippen LogP contribution in [0.2, 0.25) is 0 Å². The molecule has 9 N–H and O–H groups in total. The molecule has 1 fully saturated rings. The fraction of sp³-hybridized carbons (Fsp3) is 0.367. The second-order valence-corrected chi connectivity index (χ2v) is 10.7. The Balaban J connectivity index is 1.48. The Hall–Kier alpha value is -4.91. The summed E-state index contributed by atoms with van der Waals surface area (Å²) in [5, 5.41) is 25.9. The van der Waals surface area contributed by atoms with Gasteiger partial charge in [-0.05, 0) is 68.0 Å². The van der Waals surface area contributed by atoms with Crippen LogP contribution in [-0.4, -0.2) is 64.9 Å². The molecule has 0 spiro atoms. The minimum absolute atomic E-state index is 0.0651. The first-order valence-electron chi connectivity index (χ1n) is 14.1. The van der Waals surface area contributed by atoms with Gasteiger partial charge in [0.05, 0.1) is 6.04 Å². The fourth-order valence-electron chi connectivity index (χ4n) is 5.16. The Bertz CT molecular complexity index is 1550. The number of nitrogens with one attached hydrogen (secondary N) is 4. The smallest absolute Gasteiger partial charge is 0.336 e. The molecule has 1 aromatic heterocycles. The minimum atomic E-state index is -1.03. The van der Waals surface area contributed by atoms with Crippen LogP contribution in [0.25, 0.3) is 11.0 Å². The molecule has 0 saturated carbocycles. The highest BCUT2D eigenvalue weighted by Gasteiger charge is 2.37. The highest BCUT2D eigenvalue weighted by Crippen LogP contribution is 2.22. The predicted octanol–water partition coefficient (Wildman–Crippen LogP) is 1.05. The number of carbonyl (C=O) groups is 3. The molecule has 13 heteroatoms. The van der Waals surface area contributed by atoms with Gasteiger partial charge in [-0.3, -0.25) is 19.8 Å². The van der Waals surface area contributed by atoms with Gasteiger partial charge < -0.3 is 41.8 Å². The summed E-state index contributed by atoms with van der Waals surface area (Å²) < 4.78 is 5.29. The number of amides is 3. The number of aryl methyl sites for hydroxylation is 1. The standard InChI is InChI=1S/C30H37N7O6/c1-17-14-26(39)43-25-16-19(8-11-21(17)25)35-27(40)23(15-18-6-9-20(38)10-7-18)36-28(41)24-5-3-13-37(24)29(42)22(31)4-2-12-34-30(32)33/h6-11,14,16,22-24,38H,2-5,12-13,15,31H2,1H3,(H,35,40)(H,36,41)(H4,32,33,34)/t22-,23-,24-/m0/s1. The number of hydrogen-bond donors (Lipinski definition) is 7. The summed E-state index contributed by atoms with van der Waals surface area (Å²) in [6.45, 7) is 2.56. The summed E-state index contributed by atoms with van der Waals surface area (Å²) >= 11 is 0. The summed E-state index contributed by atoms with van der Waals surface area (Å²) in [4.78, 5) is 53.5. The Labute approximate surface area is 248 Å². The number of fused-ring (bicyclic) bond motifs is 1. The van der Waals surface area contributed by atoms with Gasteiger partial charge in [-0.25, -0.2) is 4.79 Å². The molecular weight excluding hydrogens is 554 g/mol. The van der Waals surface area contributed by atoms with E-state index >= 15 is 0 Å². The molecule has 0 bridgehead atoms. The van der Waals surface area contributed by atoms with Gasteiger partial charge in [-0.15, -0.1) is 0 Å². The molecule has 2 aromatic carbocycles. The number of phenolic OH excluding ortho intramolecular Hbond substituents is 1. The quantitative estimate of drug-likeness (QED) is 0.0733. The molecule has 43 heavy (non-hydrogen) atoms. The number of phenols is 1. The zero-order valence-corrected chi connectivity index (χ0v) is 23.9. The van der Waals surface area contributed by atoms with Gasteiger partial charge in [-0.1, -0.05) is 12.1 Å². The van der Waals surface area contributed by atoms with Crippen LogP contribution in [-0.2, 0) is 20.8 Å². The minimum Gasteiger partial charge on any atom is -0.508 e. The van der Waals surface area contributed by atoms with Gasteiger partial charge in [0.2, 0.25) is 17.7 Å². The van der Waals surface area contributed by atoms with Crippen molar-refractivity contribution >= 4 is 40.3 Å². The number of aromatic hydroxyl groups is 1. The van der Waals surface area contributed by atoms with Crippen molar-refractivity contribution in [2.24, 2.45) is 11.5 Å². The molecule has 3 atom stereocenters. The van der Waals surface area contributed by atoms with Gasteiger partial charge >= 0.3 is 5.63 Å². The largest absolute Gasteiger partial charge is 0.508 e. The first-order valence-corrected chi connectivity index (χ1v) is 14.1. The van der Waals surface area contributed by atoms with Crippen LogP contribution in [0.5, 0.6) is 5.75 Å². The second kappa shape index (κ2) is 13.8. The molecule has 3 aromatic rings. The third-order valence-corrected chi connectivity index (χ3v) is 7.39. The van der Waals surface area contributed by atoms with E-state index in [-0.39, 0.29) is 24.0 Å². The zero-order chi connectivity index (χ0) is 31.1. The highest BCUT2D eigenvalue weighted by atomic mass is 16.4. The molecule has 0 aliphatic carbocycles. The average Bonchev–Trinajstić information content (AvgIpc) is 3.45. The number of rotatable bonds is 11. The van der Waals surface area contributed by atoms with E-state index in [1.165, 1.54) is 23.1 Å². The van der Waals surface area contributed by atoms with E-state index < -0.39 is 35.6 Å². The number of likely N-dealkylation sites (tertiary alicyclic amines) is 1. The normalized spacial score (nSPS) is 16.0. The van der Waals surface area contributed by atoms with Crippen molar-refractivity contribution in [3.05, 3.63) is 70.1 Å². The van der Waals surface area contributed by atoms with Gasteiger partial charge in [0.15, 0.2) is 5.96 Å². The number of nitrogens with zero attached hydrogens (tertiary/aromatic N) is 1. The molecule has 1 aliphatic rings. The predicted molar refractivity (Wildman–Crippen MR) is 161 cm³/mol. The molecule has 0 unspecified atom stereocenters. The van der Waals surface area contributed by atoms with Crippen LogP contribution in [0.3, 0.4) is 0 Å². The SMILES string of the molecule is Cc1cc(=O)oc2cc(NC(=O)[C@H](Cc3ccc(O)cc3)NC(=O)[C@@H]3CCCN3C(=O)[C@@H](N)CCCNC(=N)N)ccc12. The van der Waals surface area contributed by atoms with Gasteiger partial charge in [-0.2, -0.15) is 0 Å². The molecule has 1 saturated heterocycles. The molecule has 3 amide bonds. The van der Waals surface area contributed by atoms with E-state index in [2.05, 4.69) is 16.0 Å². The lowest BCUT2D eigenvalue weighted by Gasteiger charge is -2.28. The van der Waals surface area contributed by atoms with E-state index in [0.29, 0.717) is 55.6 Å². The summed E-state index contributed by atoms with van der Waals surface area (Å²) in [5.41, 5.74) is 13.0. The van der Waals surface area contributed by atoms with Crippen LogP contribution in [0.4, 0.5) is 5.69 Å².